The Balaban J connectivity index is 1.78. The van der Waals surface area contributed by atoms with Gasteiger partial charge in [0.15, 0.2) is 0 Å². The molecule has 1 fully saturated rings. The Labute approximate surface area is 152 Å². The molecule has 1 heterocycles. The van der Waals surface area contributed by atoms with Gasteiger partial charge in [-0.3, -0.25) is 20.2 Å². The smallest absolute Gasteiger partial charge is 0.328 e. The number of benzene rings is 2. The van der Waals surface area contributed by atoms with Gasteiger partial charge in [0.05, 0.1) is 5.02 Å². The van der Waals surface area contributed by atoms with E-state index in [1.807, 2.05) is 10.6 Å². The molecular formula is C18H12ClFN2O4. The molecular weight excluding hydrogens is 363 g/mol. The molecule has 0 unspecified atom stereocenters. The van der Waals surface area contributed by atoms with Crippen molar-refractivity contribution in [2.24, 2.45) is 0 Å². The number of halogens is 2. The Bertz CT molecular complexity index is 900. The third-order valence-corrected chi connectivity index (χ3v) is 3.91. The summed E-state index contributed by atoms with van der Waals surface area (Å²) in [5.41, 5.74) is 0.512. The predicted molar refractivity (Wildman–Crippen MR) is 91.8 cm³/mol. The summed E-state index contributed by atoms with van der Waals surface area (Å²) in [7, 11) is 0. The molecule has 132 valence electrons. The van der Waals surface area contributed by atoms with Crippen molar-refractivity contribution in [1.29, 1.82) is 0 Å². The zero-order valence-corrected chi connectivity index (χ0v) is 14.0. The molecule has 6 nitrogen and oxygen atoms in total. The second-order valence-electron chi connectivity index (χ2n) is 5.36. The Morgan fingerprint density at radius 1 is 1.04 bits per heavy atom. The molecule has 0 bridgehead atoms. The summed E-state index contributed by atoms with van der Waals surface area (Å²) in [6.45, 7) is -0.0823. The van der Waals surface area contributed by atoms with Crippen molar-refractivity contribution in [1.82, 2.24) is 10.6 Å². The first-order valence-electron chi connectivity index (χ1n) is 7.48. The van der Waals surface area contributed by atoms with Crippen LogP contribution in [0, 0.1) is 5.82 Å². The topological polar surface area (TPSA) is 84.5 Å². The lowest BCUT2D eigenvalue weighted by Crippen LogP contribution is -2.51. The lowest BCUT2D eigenvalue weighted by Gasteiger charge is -2.14. The van der Waals surface area contributed by atoms with E-state index in [9.17, 15) is 18.8 Å². The average Bonchev–Trinajstić information content (AvgIpc) is 2.58. The van der Waals surface area contributed by atoms with Crippen molar-refractivity contribution in [3.8, 4) is 5.75 Å². The van der Waals surface area contributed by atoms with E-state index in [0.717, 1.165) is 0 Å². The first-order valence-corrected chi connectivity index (χ1v) is 7.86. The minimum Gasteiger partial charge on any atom is -0.489 e. The van der Waals surface area contributed by atoms with Crippen LogP contribution < -0.4 is 15.4 Å². The van der Waals surface area contributed by atoms with Crippen LogP contribution in [-0.4, -0.2) is 17.8 Å². The van der Waals surface area contributed by atoms with Gasteiger partial charge in [0.2, 0.25) is 0 Å². The van der Waals surface area contributed by atoms with Crippen molar-refractivity contribution in [2.45, 2.75) is 6.61 Å². The van der Waals surface area contributed by atoms with Gasteiger partial charge in [-0.15, -0.1) is 0 Å². The summed E-state index contributed by atoms with van der Waals surface area (Å²) >= 11 is 5.95. The monoisotopic (exact) mass is 374 g/mol. The largest absolute Gasteiger partial charge is 0.489 e. The third-order valence-electron chi connectivity index (χ3n) is 3.56. The van der Waals surface area contributed by atoms with Crippen LogP contribution in [0.15, 0.2) is 48.0 Å². The van der Waals surface area contributed by atoms with E-state index in [2.05, 4.69) is 0 Å². The summed E-state index contributed by atoms with van der Waals surface area (Å²) in [5, 5.41) is 4.23. The maximum Gasteiger partial charge on any atom is 0.328 e. The Morgan fingerprint density at radius 2 is 1.73 bits per heavy atom. The van der Waals surface area contributed by atoms with Crippen LogP contribution in [-0.2, 0) is 16.2 Å². The zero-order valence-electron chi connectivity index (χ0n) is 13.2. The molecule has 1 saturated heterocycles. The Hall–Kier alpha value is -3.19. The molecule has 2 aromatic rings. The van der Waals surface area contributed by atoms with Crippen LogP contribution in [0.1, 0.15) is 11.1 Å². The highest BCUT2D eigenvalue weighted by Gasteiger charge is 2.27. The van der Waals surface area contributed by atoms with Gasteiger partial charge in [-0.25, -0.2) is 9.18 Å². The van der Waals surface area contributed by atoms with Gasteiger partial charge in [-0.1, -0.05) is 29.8 Å². The quantitative estimate of drug-likeness (QED) is 0.636. The fraction of sp³-hybridized carbons (Fsp3) is 0.0556. The normalized spacial score (nSPS) is 13.9. The van der Waals surface area contributed by atoms with Crippen LogP contribution in [0.25, 0.3) is 6.08 Å². The maximum absolute atomic E-state index is 13.8. The van der Waals surface area contributed by atoms with Crippen LogP contribution in [0.3, 0.4) is 0 Å². The molecule has 2 aromatic carbocycles. The molecule has 1 aliphatic heterocycles. The van der Waals surface area contributed by atoms with Crippen molar-refractivity contribution in [3.05, 3.63) is 70.0 Å². The van der Waals surface area contributed by atoms with Crippen LogP contribution in [0.2, 0.25) is 5.02 Å². The Kier molecular flexibility index (Phi) is 4.99. The Morgan fingerprint density at radius 3 is 2.42 bits per heavy atom. The van der Waals surface area contributed by atoms with Crippen molar-refractivity contribution < 1.29 is 23.5 Å². The molecule has 0 aliphatic carbocycles. The van der Waals surface area contributed by atoms with E-state index in [-0.39, 0.29) is 22.8 Å². The lowest BCUT2D eigenvalue weighted by molar-refractivity contribution is -0.123. The van der Waals surface area contributed by atoms with Crippen molar-refractivity contribution in [3.63, 3.8) is 0 Å². The summed E-state index contributed by atoms with van der Waals surface area (Å²) in [6.07, 6.45) is 1.32. The van der Waals surface area contributed by atoms with Crippen molar-refractivity contribution in [2.75, 3.05) is 0 Å². The highest BCUT2D eigenvalue weighted by atomic mass is 35.5. The number of imide groups is 2. The summed E-state index contributed by atoms with van der Waals surface area (Å²) in [4.78, 5) is 34.5. The molecule has 2 N–H and O–H groups in total. The molecule has 0 atom stereocenters. The SMILES string of the molecule is O=C1NC(=O)C(=Cc2cccc(OCc3c(F)cccc3Cl)c2)C(=O)N1. The van der Waals surface area contributed by atoms with E-state index in [4.69, 9.17) is 16.3 Å². The maximum atomic E-state index is 13.8. The van der Waals surface area contributed by atoms with Gasteiger partial charge in [-0.2, -0.15) is 0 Å². The van der Waals surface area contributed by atoms with Crippen LogP contribution >= 0.6 is 11.6 Å². The third kappa shape index (κ3) is 3.89. The standard InChI is InChI=1S/C18H12ClFN2O4/c19-14-5-2-6-15(20)13(14)9-26-11-4-1-3-10(7-11)8-12-16(23)21-18(25)22-17(12)24/h1-8H,9H2,(H2,21,22,23,24,25). The van der Waals surface area contributed by atoms with Gasteiger partial charge in [0.25, 0.3) is 11.8 Å². The van der Waals surface area contributed by atoms with Gasteiger partial charge in [0, 0.05) is 5.56 Å². The molecule has 0 spiro atoms. The van der Waals surface area contributed by atoms with Gasteiger partial charge in [-0.05, 0) is 35.9 Å². The fourth-order valence-corrected chi connectivity index (χ4v) is 2.51. The van der Waals surface area contributed by atoms with E-state index >= 15 is 0 Å². The summed E-state index contributed by atoms with van der Waals surface area (Å²) in [6, 6.07) is 9.98. The second kappa shape index (κ2) is 7.37. The number of hydrogen-bond acceptors (Lipinski definition) is 4. The molecule has 0 aromatic heterocycles. The molecule has 0 saturated carbocycles. The predicted octanol–water partition coefficient (Wildman–Crippen LogP) is 2.81. The fourth-order valence-electron chi connectivity index (χ4n) is 2.29. The minimum atomic E-state index is -0.865. The summed E-state index contributed by atoms with van der Waals surface area (Å²) < 4.78 is 19.3. The van der Waals surface area contributed by atoms with Crippen LogP contribution in [0.5, 0.6) is 5.75 Å². The second-order valence-corrected chi connectivity index (χ2v) is 5.76. The van der Waals surface area contributed by atoms with E-state index in [1.165, 1.54) is 18.2 Å². The average molecular weight is 375 g/mol. The molecule has 4 amide bonds. The van der Waals surface area contributed by atoms with Gasteiger partial charge in [0.1, 0.15) is 23.7 Å². The highest BCUT2D eigenvalue weighted by molar-refractivity contribution is 6.31. The first kappa shape index (κ1) is 17.6. The lowest BCUT2D eigenvalue weighted by atomic mass is 10.1. The van der Waals surface area contributed by atoms with E-state index in [1.54, 1.807) is 30.3 Å². The van der Waals surface area contributed by atoms with E-state index in [0.29, 0.717) is 11.3 Å². The number of carbonyl (C=O) groups excluding carboxylic acids is 3. The molecule has 8 heteroatoms. The molecule has 0 radical (unpaired) electrons. The van der Waals surface area contributed by atoms with E-state index < -0.39 is 23.7 Å². The first-order chi connectivity index (χ1) is 12.4. The number of amides is 4. The number of rotatable bonds is 4. The number of nitrogens with one attached hydrogen (secondary N) is 2. The molecule has 3 rings (SSSR count). The number of carbonyl (C=O) groups is 3. The van der Waals surface area contributed by atoms with Gasteiger partial charge >= 0.3 is 6.03 Å². The summed E-state index contributed by atoms with van der Waals surface area (Å²) in [5.74, 6) is -1.66. The highest BCUT2D eigenvalue weighted by Crippen LogP contribution is 2.22. The van der Waals surface area contributed by atoms with Gasteiger partial charge < -0.3 is 4.74 Å². The molecule has 26 heavy (non-hydrogen) atoms. The number of ether oxygens (including phenoxy) is 1. The van der Waals surface area contributed by atoms with Crippen molar-refractivity contribution >= 4 is 35.5 Å². The minimum absolute atomic E-state index is 0.0823. The zero-order chi connectivity index (χ0) is 18.7. The molecule has 1 aliphatic rings. The number of barbiturate groups is 1. The van der Waals surface area contributed by atoms with Crippen LogP contribution in [0.4, 0.5) is 9.18 Å². The number of urea groups is 1. The number of hydrogen-bond donors (Lipinski definition) is 2.